The van der Waals surface area contributed by atoms with Gasteiger partial charge in [0, 0.05) is 48.5 Å². The standard InChI is InChI=1S/C13H17N3O/c1-17-7-6-16-13-3-2-11(14)8-12(13)10-4-5-15-9-10/h2-5,8-9,15-16H,6-7,14H2,1H3. The highest BCUT2D eigenvalue weighted by molar-refractivity contribution is 5.80. The van der Waals surface area contributed by atoms with E-state index in [2.05, 4.69) is 10.3 Å². The van der Waals surface area contributed by atoms with Crippen LogP contribution in [0.15, 0.2) is 36.7 Å². The van der Waals surface area contributed by atoms with E-state index < -0.39 is 0 Å². The number of aromatic amines is 1. The second kappa shape index (κ2) is 5.41. The molecule has 0 atom stereocenters. The summed E-state index contributed by atoms with van der Waals surface area (Å²) in [6.07, 6.45) is 3.85. The van der Waals surface area contributed by atoms with Crippen LogP contribution < -0.4 is 11.1 Å². The van der Waals surface area contributed by atoms with Gasteiger partial charge in [0.25, 0.3) is 0 Å². The molecule has 2 aromatic rings. The van der Waals surface area contributed by atoms with E-state index in [1.165, 1.54) is 0 Å². The number of rotatable bonds is 5. The van der Waals surface area contributed by atoms with Gasteiger partial charge in [0.2, 0.25) is 0 Å². The van der Waals surface area contributed by atoms with E-state index in [0.29, 0.717) is 6.61 Å². The summed E-state index contributed by atoms with van der Waals surface area (Å²) in [4.78, 5) is 3.05. The molecule has 0 spiro atoms. The van der Waals surface area contributed by atoms with Gasteiger partial charge in [-0.15, -0.1) is 0 Å². The van der Waals surface area contributed by atoms with E-state index in [1.54, 1.807) is 7.11 Å². The minimum Gasteiger partial charge on any atom is -0.399 e. The number of anilines is 2. The largest absolute Gasteiger partial charge is 0.399 e. The Bertz CT molecular complexity index is 466. The molecule has 0 aliphatic heterocycles. The van der Waals surface area contributed by atoms with Crippen LogP contribution in [0.3, 0.4) is 0 Å². The fraction of sp³-hybridized carbons (Fsp3) is 0.231. The number of nitrogens with one attached hydrogen (secondary N) is 2. The van der Waals surface area contributed by atoms with Gasteiger partial charge in [0.15, 0.2) is 0 Å². The Balaban J connectivity index is 2.25. The van der Waals surface area contributed by atoms with Crippen molar-refractivity contribution in [1.29, 1.82) is 0 Å². The number of nitrogen functional groups attached to an aromatic ring is 1. The molecule has 0 fully saturated rings. The maximum Gasteiger partial charge on any atom is 0.0635 e. The second-order valence-corrected chi connectivity index (χ2v) is 3.82. The van der Waals surface area contributed by atoms with Crippen molar-refractivity contribution in [2.45, 2.75) is 0 Å². The highest BCUT2D eigenvalue weighted by atomic mass is 16.5. The number of hydrogen-bond acceptors (Lipinski definition) is 3. The van der Waals surface area contributed by atoms with Crippen molar-refractivity contribution in [2.24, 2.45) is 0 Å². The van der Waals surface area contributed by atoms with Crippen molar-refractivity contribution in [2.75, 3.05) is 31.3 Å². The molecule has 1 aromatic carbocycles. The van der Waals surface area contributed by atoms with Gasteiger partial charge in [0.05, 0.1) is 6.61 Å². The van der Waals surface area contributed by atoms with Crippen molar-refractivity contribution in [3.05, 3.63) is 36.7 Å². The molecule has 4 nitrogen and oxygen atoms in total. The molecule has 0 aliphatic carbocycles. The monoisotopic (exact) mass is 231 g/mol. The zero-order valence-corrected chi connectivity index (χ0v) is 9.86. The average molecular weight is 231 g/mol. The molecule has 0 radical (unpaired) electrons. The van der Waals surface area contributed by atoms with E-state index >= 15 is 0 Å². The molecule has 4 N–H and O–H groups in total. The molecule has 0 saturated heterocycles. The Hall–Kier alpha value is -1.94. The van der Waals surface area contributed by atoms with E-state index in [4.69, 9.17) is 10.5 Å². The Morgan fingerprint density at radius 2 is 2.24 bits per heavy atom. The van der Waals surface area contributed by atoms with Crippen LogP contribution in [0.25, 0.3) is 11.1 Å². The maximum atomic E-state index is 5.83. The first kappa shape index (κ1) is 11.5. The van der Waals surface area contributed by atoms with Crippen molar-refractivity contribution in [3.63, 3.8) is 0 Å². The van der Waals surface area contributed by atoms with Crippen molar-refractivity contribution >= 4 is 11.4 Å². The van der Waals surface area contributed by atoms with Gasteiger partial charge < -0.3 is 20.8 Å². The Labute approximate surface area is 101 Å². The van der Waals surface area contributed by atoms with Gasteiger partial charge >= 0.3 is 0 Å². The van der Waals surface area contributed by atoms with Crippen LogP contribution in [0.4, 0.5) is 11.4 Å². The number of H-pyrrole nitrogens is 1. The van der Waals surface area contributed by atoms with Crippen LogP contribution in [0.2, 0.25) is 0 Å². The van der Waals surface area contributed by atoms with Crippen molar-refractivity contribution in [3.8, 4) is 11.1 Å². The zero-order chi connectivity index (χ0) is 12.1. The minimum absolute atomic E-state index is 0.678. The van der Waals surface area contributed by atoms with Gasteiger partial charge in [-0.1, -0.05) is 0 Å². The summed E-state index contributed by atoms with van der Waals surface area (Å²) in [5.74, 6) is 0. The first-order valence-corrected chi connectivity index (χ1v) is 5.57. The van der Waals surface area contributed by atoms with Crippen LogP contribution in [0.5, 0.6) is 0 Å². The molecule has 90 valence electrons. The molecule has 17 heavy (non-hydrogen) atoms. The number of benzene rings is 1. The summed E-state index contributed by atoms with van der Waals surface area (Å²) in [5, 5.41) is 3.34. The predicted octanol–water partition coefficient (Wildman–Crippen LogP) is 2.32. The first-order chi connectivity index (χ1) is 8.31. The van der Waals surface area contributed by atoms with Crippen molar-refractivity contribution in [1.82, 2.24) is 4.98 Å². The SMILES string of the molecule is COCCNc1ccc(N)cc1-c1cc[nH]c1. The van der Waals surface area contributed by atoms with E-state index in [1.807, 2.05) is 36.7 Å². The third-order valence-electron chi connectivity index (χ3n) is 2.57. The quantitative estimate of drug-likeness (QED) is 0.546. The summed E-state index contributed by atoms with van der Waals surface area (Å²) >= 11 is 0. The molecule has 0 bridgehead atoms. The van der Waals surface area contributed by atoms with Crippen molar-refractivity contribution < 1.29 is 4.74 Å². The highest BCUT2D eigenvalue weighted by Gasteiger charge is 2.05. The summed E-state index contributed by atoms with van der Waals surface area (Å²) < 4.78 is 5.02. The molecule has 4 heteroatoms. The fourth-order valence-corrected chi connectivity index (χ4v) is 1.73. The normalized spacial score (nSPS) is 10.4. The lowest BCUT2D eigenvalue weighted by Crippen LogP contribution is -2.08. The lowest BCUT2D eigenvalue weighted by atomic mass is 10.1. The summed E-state index contributed by atoms with van der Waals surface area (Å²) in [6.45, 7) is 1.45. The van der Waals surface area contributed by atoms with Crippen LogP contribution in [0.1, 0.15) is 0 Å². The summed E-state index contributed by atoms with van der Waals surface area (Å²) in [7, 11) is 1.69. The number of aromatic nitrogens is 1. The number of ether oxygens (including phenoxy) is 1. The van der Waals surface area contributed by atoms with Gasteiger partial charge in [0.1, 0.15) is 0 Å². The van der Waals surface area contributed by atoms with Gasteiger partial charge in [-0.3, -0.25) is 0 Å². The lowest BCUT2D eigenvalue weighted by Gasteiger charge is -2.11. The Kier molecular flexibility index (Phi) is 3.67. The van der Waals surface area contributed by atoms with Crippen LogP contribution in [-0.4, -0.2) is 25.2 Å². The summed E-state index contributed by atoms with van der Waals surface area (Å²) in [5.41, 5.74) is 9.88. The number of methoxy groups -OCH3 is 1. The van der Waals surface area contributed by atoms with E-state index in [0.717, 1.165) is 29.0 Å². The number of nitrogens with two attached hydrogens (primary N) is 1. The third kappa shape index (κ3) is 2.79. The fourth-order valence-electron chi connectivity index (χ4n) is 1.73. The predicted molar refractivity (Wildman–Crippen MR) is 71.0 cm³/mol. The minimum atomic E-state index is 0.678. The topological polar surface area (TPSA) is 63.1 Å². The Morgan fingerprint density at radius 3 is 2.94 bits per heavy atom. The molecular weight excluding hydrogens is 214 g/mol. The first-order valence-electron chi connectivity index (χ1n) is 5.57. The highest BCUT2D eigenvalue weighted by Crippen LogP contribution is 2.29. The molecular formula is C13H17N3O. The molecule has 2 rings (SSSR count). The van der Waals surface area contributed by atoms with E-state index in [9.17, 15) is 0 Å². The van der Waals surface area contributed by atoms with Gasteiger partial charge in [-0.25, -0.2) is 0 Å². The molecule has 1 heterocycles. The average Bonchev–Trinajstić information content (AvgIpc) is 2.85. The number of hydrogen-bond donors (Lipinski definition) is 3. The Morgan fingerprint density at radius 1 is 1.35 bits per heavy atom. The van der Waals surface area contributed by atoms with E-state index in [-0.39, 0.29) is 0 Å². The summed E-state index contributed by atoms with van der Waals surface area (Å²) in [6, 6.07) is 7.88. The van der Waals surface area contributed by atoms with Gasteiger partial charge in [-0.2, -0.15) is 0 Å². The van der Waals surface area contributed by atoms with Crippen LogP contribution in [-0.2, 0) is 4.74 Å². The second-order valence-electron chi connectivity index (χ2n) is 3.82. The molecule has 1 aromatic heterocycles. The molecule has 0 amide bonds. The molecule has 0 unspecified atom stereocenters. The smallest absolute Gasteiger partial charge is 0.0635 e. The molecule has 0 aliphatic rings. The van der Waals surface area contributed by atoms with Crippen LogP contribution in [0, 0.1) is 0 Å². The zero-order valence-electron chi connectivity index (χ0n) is 9.86. The van der Waals surface area contributed by atoms with Gasteiger partial charge in [-0.05, 0) is 24.3 Å². The maximum absolute atomic E-state index is 5.83. The molecule has 0 saturated carbocycles. The lowest BCUT2D eigenvalue weighted by molar-refractivity contribution is 0.211. The van der Waals surface area contributed by atoms with Crippen LogP contribution >= 0.6 is 0 Å². The third-order valence-corrected chi connectivity index (χ3v) is 2.57.